The largest absolute Gasteiger partial charge is 0.332 e. The van der Waals surface area contributed by atoms with Crippen LogP contribution in [0.1, 0.15) is 18.0 Å². The maximum Gasteiger partial charge on any atom is 0.139 e. The molecule has 3 nitrogen and oxygen atoms in total. The van der Waals surface area contributed by atoms with E-state index in [1.165, 1.54) is 17.5 Å². The minimum atomic E-state index is 0.657. The molecular formula is C12H15N3. The first kappa shape index (κ1) is 8.92. The lowest BCUT2D eigenvalue weighted by Crippen LogP contribution is -2.10. The lowest BCUT2D eigenvalue weighted by molar-refractivity contribution is 0.692. The van der Waals surface area contributed by atoms with E-state index in [1.54, 1.807) is 0 Å². The van der Waals surface area contributed by atoms with Gasteiger partial charge in [0.1, 0.15) is 5.65 Å². The van der Waals surface area contributed by atoms with E-state index in [1.807, 2.05) is 12.3 Å². The summed E-state index contributed by atoms with van der Waals surface area (Å²) < 4.78 is 2.23. The topological polar surface area (TPSA) is 29.9 Å². The molecule has 0 amide bonds. The van der Waals surface area contributed by atoms with Gasteiger partial charge >= 0.3 is 0 Å². The van der Waals surface area contributed by atoms with Gasteiger partial charge in [0.25, 0.3) is 0 Å². The number of aryl methyl sites for hydroxylation is 1. The highest BCUT2D eigenvalue weighted by Gasteiger charge is 2.20. The zero-order chi connectivity index (χ0) is 10.3. The Bertz CT molecular complexity index is 481. The summed E-state index contributed by atoms with van der Waals surface area (Å²) in [4.78, 5) is 4.42. The van der Waals surface area contributed by atoms with Gasteiger partial charge in [-0.2, -0.15) is 0 Å². The van der Waals surface area contributed by atoms with Crippen molar-refractivity contribution in [1.29, 1.82) is 0 Å². The van der Waals surface area contributed by atoms with E-state index in [0.717, 1.165) is 18.7 Å². The number of pyridine rings is 1. The van der Waals surface area contributed by atoms with Crippen LogP contribution in [0.15, 0.2) is 24.4 Å². The summed E-state index contributed by atoms with van der Waals surface area (Å²) in [5.41, 5.74) is 2.51. The van der Waals surface area contributed by atoms with Crippen molar-refractivity contribution >= 4 is 11.0 Å². The Morgan fingerprint density at radius 2 is 2.47 bits per heavy atom. The number of fused-ring (bicyclic) bond motifs is 1. The van der Waals surface area contributed by atoms with Crippen molar-refractivity contribution < 1.29 is 0 Å². The van der Waals surface area contributed by atoms with E-state index in [2.05, 4.69) is 34.0 Å². The Kier molecular flexibility index (Phi) is 1.99. The molecule has 15 heavy (non-hydrogen) atoms. The van der Waals surface area contributed by atoms with E-state index < -0.39 is 0 Å². The van der Waals surface area contributed by atoms with Crippen molar-refractivity contribution in [2.45, 2.75) is 12.3 Å². The van der Waals surface area contributed by atoms with E-state index in [9.17, 15) is 0 Å². The van der Waals surface area contributed by atoms with E-state index in [0.29, 0.717) is 5.92 Å². The van der Waals surface area contributed by atoms with Gasteiger partial charge in [0, 0.05) is 36.8 Å². The predicted molar refractivity (Wildman–Crippen MR) is 60.9 cm³/mol. The summed E-state index contributed by atoms with van der Waals surface area (Å²) in [5.74, 6) is 0.657. The molecule has 1 atom stereocenters. The summed E-state index contributed by atoms with van der Waals surface area (Å²) in [6.07, 6.45) is 3.10. The minimum Gasteiger partial charge on any atom is -0.332 e. The quantitative estimate of drug-likeness (QED) is 0.760. The maximum absolute atomic E-state index is 4.42. The van der Waals surface area contributed by atoms with Crippen LogP contribution in [0.3, 0.4) is 0 Å². The first-order chi connectivity index (χ1) is 7.36. The van der Waals surface area contributed by atoms with Gasteiger partial charge in [-0.3, -0.25) is 0 Å². The Hall–Kier alpha value is -1.35. The molecule has 0 bridgehead atoms. The monoisotopic (exact) mass is 201 g/mol. The Morgan fingerprint density at radius 1 is 1.53 bits per heavy atom. The molecule has 0 spiro atoms. The van der Waals surface area contributed by atoms with Crippen molar-refractivity contribution in [2.75, 3.05) is 13.1 Å². The van der Waals surface area contributed by atoms with E-state index >= 15 is 0 Å². The van der Waals surface area contributed by atoms with Crippen molar-refractivity contribution in [3.8, 4) is 0 Å². The Morgan fingerprint density at radius 3 is 3.20 bits per heavy atom. The first-order valence-electron chi connectivity index (χ1n) is 5.47. The molecule has 1 fully saturated rings. The molecule has 0 radical (unpaired) electrons. The molecule has 1 saturated heterocycles. The van der Waals surface area contributed by atoms with Gasteiger partial charge in [0.2, 0.25) is 0 Å². The molecule has 0 aromatic carbocycles. The van der Waals surface area contributed by atoms with Crippen molar-refractivity contribution in [3.05, 3.63) is 30.1 Å². The predicted octanol–water partition coefficient (Wildman–Crippen LogP) is 1.65. The van der Waals surface area contributed by atoms with Gasteiger partial charge in [-0.05, 0) is 31.2 Å². The van der Waals surface area contributed by atoms with Crippen LogP contribution in [0.5, 0.6) is 0 Å². The Labute approximate surface area is 89.1 Å². The van der Waals surface area contributed by atoms with Crippen LogP contribution >= 0.6 is 0 Å². The smallest absolute Gasteiger partial charge is 0.139 e. The third-order valence-corrected chi connectivity index (χ3v) is 3.30. The average molecular weight is 201 g/mol. The third kappa shape index (κ3) is 1.35. The molecule has 1 unspecified atom stereocenters. The fourth-order valence-corrected chi connectivity index (χ4v) is 2.48. The molecular weight excluding hydrogens is 186 g/mol. The first-order valence-corrected chi connectivity index (χ1v) is 5.47. The minimum absolute atomic E-state index is 0.657. The number of aromatic nitrogens is 2. The number of hydrogen-bond acceptors (Lipinski definition) is 2. The summed E-state index contributed by atoms with van der Waals surface area (Å²) in [5, 5.41) is 4.66. The fraction of sp³-hybridized carbons (Fsp3) is 0.417. The van der Waals surface area contributed by atoms with Crippen molar-refractivity contribution in [1.82, 2.24) is 14.9 Å². The molecule has 3 heteroatoms. The third-order valence-electron chi connectivity index (χ3n) is 3.30. The van der Waals surface area contributed by atoms with Crippen molar-refractivity contribution in [2.24, 2.45) is 7.05 Å². The summed E-state index contributed by atoms with van der Waals surface area (Å²) in [6, 6.07) is 6.41. The molecule has 0 aliphatic carbocycles. The average Bonchev–Trinajstić information content (AvgIpc) is 2.87. The van der Waals surface area contributed by atoms with Crippen LogP contribution in [0.25, 0.3) is 11.0 Å². The number of nitrogens with zero attached hydrogens (tertiary/aromatic N) is 2. The fourth-order valence-electron chi connectivity index (χ4n) is 2.48. The molecule has 1 N–H and O–H groups in total. The maximum atomic E-state index is 4.42. The molecule has 0 saturated carbocycles. The van der Waals surface area contributed by atoms with Gasteiger partial charge in [-0.1, -0.05) is 0 Å². The molecule has 2 aromatic rings. The van der Waals surface area contributed by atoms with Crippen LogP contribution in [0, 0.1) is 0 Å². The molecule has 1 aliphatic rings. The second-order valence-corrected chi connectivity index (χ2v) is 4.23. The van der Waals surface area contributed by atoms with Gasteiger partial charge in [0.15, 0.2) is 0 Å². The van der Waals surface area contributed by atoms with Gasteiger partial charge in [0.05, 0.1) is 0 Å². The highest BCUT2D eigenvalue weighted by Crippen LogP contribution is 2.26. The van der Waals surface area contributed by atoms with E-state index in [4.69, 9.17) is 0 Å². The summed E-state index contributed by atoms with van der Waals surface area (Å²) in [7, 11) is 2.11. The lowest BCUT2D eigenvalue weighted by Gasteiger charge is -2.09. The van der Waals surface area contributed by atoms with Gasteiger partial charge in [-0.25, -0.2) is 4.98 Å². The van der Waals surface area contributed by atoms with Crippen LogP contribution in [-0.2, 0) is 7.05 Å². The summed E-state index contributed by atoms with van der Waals surface area (Å²) >= 11 is 0. The number of hydrogen-bond donors (Lipinski definition) is 1. The molecule has 3 heterocycles. The van der Waals surface area contributed by atoms with Gasteiger partial charge in [-0.15, -0.1) is 0 Å². The summed E-state index contributed by atoms with van der Waals surface area (Å²) in [6.45, 7) is 2.24. The van der Waals surface area contributed by atoms with Crippen LogP contribution < -0.4 is 5.32 Å². The second-order valence-electron chi connectivity index (χ2n) is 4.23. The number of nitrogens with one attached hydrogen (secondary N) is 1. The highest BCUT2D eigenvalue weighted by atomic mass is 15.0. The van der Waals surface area contributed by atoms with Crippen molar-refractivity contribution in [3.63, 3.8) is 0 Å². The SMILES string of the molecule is Cn1c(C2CCNC2)cc2cccnc21. The van der Waals surface area contributed by atoms with Crippen LogP contribution in [0.4, 0.5) is 0 Å². The van der Waals surface area contributed by atoms with Crippen LogP contribution in [0.2, 0.25) is 0 Å². The normalized spacial score (nSPS) is 21.3. The Balaban J connectivity index is 2.14. The molecule has 78 valence electrons. The zero-order valence-electron chi connectivity index (χ0n) is 8.90. The molecule has 1 aliphatic heterocycles. The lowest BCUT2D eigenvalue weighted by atomic mass is 10.1. The zero-order valence-corrected chi connectivity index (χ0v) is 8.90. The van der Waals surface area contributed by atoms with E-state index in [-0.39, 0.29) is 0 Å². The highest BCUT2D eigenvalue weighted by molar-refractivity contribution is 5.77. The van der Waals surface area contributed by atoms with Gasteiger partial charge < -0.3 is 9.88 Å². The molecule has 3 rings (SSSR count). The van der Waals surface area contributed by atoms with Crippen LogP contribution in [-0.4, -0.2) is 22.6 Å². The second kappa shape index (κ2) is 3.35. The standard InChI is InChI=1S/C12H15N3/c1-15-11(10-4-6-13-8-10)7-9-3-2-5-14-12(9)15/h2-3,5,7,10,13H,4,6,8H2,1H3. The number of rotatable bonds is 1. The molecule has 2 aromatic heterocycles.